The predicted octanol–water partition coefficient (Wildman–Crippen LogP) is 3.35. The number of anilines is 1. The van der Waals surface area contributed by atoms with Gasteiger partial charge in [-0.2, -0.15) is 0 Å². The molecule has 0 bridgehead atoms. The van der Waals surface area contributed by atoms with E-state index in [4.69, 9.17) is 28.6 Å². The number of likely N-dealkylation sites (N-methyl/N-ethyl adjacent to an activating group) is 1. The van der Waals surface area contributed by atoms with E-state index in [1.807, 2.05) is 29.2 Å². The van der Waals surface area contributed by atoms with Crippen LogP contribution in [0.25, 0.3) is 0 Å². The van der Waals surface area contributed by atoms with Crippen LogP contribution in [-0.2, 0) is 16.0 Å². The first-order valence-electron chi connectivity index (χ1n) is 9.15. The predicted molar refractivity (Wildman–Crippen MR) is 117 cm³/mol. The topological polar surface area (TPSA) is 61.9 Å². The fourth-order valence-electron chi connectivity index (χ4n) is 3.19. The van der Waals surface area contributed by atoms with Crippen LogP contribution >= 0.6 is 23.8 Å². The van der Waals surface area contributed by atoms with Crippen LogP contribution in [0.4, 0.5) is 5.69 Å². The number of thiocarbonyl (C=S) groups is 1. The molecule has 1 atom stereocenters. The summed E-state index contributed by atoms with van der Waals surface area (Å²) in [6, 6.07) is 14.0. The lowest BCUT2D eigenvalue weighted by atomic mass is 10.1. The highest BCUT2D eigenvalue weighted by atomic mass is 35.5. The van der Waals surface area contributed by atoms with Crippen molar-refractivity contribution < 1.29 is 14.3 Å². The van der Waals surface area contributed by atoms with E-state index in [2.05, 4.69) is 5.32 Å². The van der Waals surface area contributed by atoms with Crippen LogP contribution in [0, 0.1) is 0 Å². The Morgan fingerprint density at radius 3 is 2.45 bits per heavy atom. The van der Waals surface area contributed by atoms with Gasteiger partial charge in [-0.15, -0.1) is 0 Å². The van der Waals surface area contributed by atoms with E-state index in [1.54, 1.807) is 38.4 Å². The monoisotopic (exact) mass is 431 g/mol. The van der Waals surface area contributed by atoms with Crippen molar-refractivity contribution in [3.05, 3.63) is 59.1 Å². The van der Waals surface area contributed by atoms with Crippen molar-refractivity contribution in [2.24, 2.45) is 0 Å². The van der Waals surface area contributed by atoms with Crippen LogP contribution < -0.4 is 10.1 Å². The molecule has 3 rings (SSSR count). The molecule has 8 heteroatoms. The number of halogens is 1. The normalized spacial score (nSPS) is 16.3. The summed E-state index contributed by atoms with van der Waals surface area (Å²) in [7, 11) is 3.22. The second-order valence-corrected chi connectivity index (χ2v) is 7.55. The van der Waals surface area contributed by atoms with Gasteiger partial charge in [-0.3, -0.25) is 14.5 Å². The lowest BCUT2D eigenvalue weighted by Gasteiger charge is -2.23. The average molecular weight is 432 g/mol. The van der Waals surface area contributed by atoms with E-state index < -0.39 is 6.04 Å². The molecular formula is C21H22ClN3O3S. The number of methoxy groups -OCH3 is 1. The molecule has 1 aliphatic heterocycles. The Kier molecular flexibility index (Phi) is 6.71. The molecule has 152 valence electrons. The number of rotatable bonds is 7. The van der Waals surface area contributed by atoms with Crippen LogP contribution in [0.1, 0.15) is 12.0 Å². The number of carbonyl (C=O) groups excluding carboxylic acids is 2. The molecule has 29 heavy (non-hydrogen) atoms. The van der Waals surface area contributed by atoms with Gasteiger partial charge in [0, 0.05) is 24.3 Å². The van der Waals surface area contributed by atoms with Crippen LogP contribution in [0.15, 0.2) is 48.5 Å². The SMILES string of the molecule is COc1ccc(NC(=O)CC2C(=O)N(C)C(=S)N2CCc2ccc(Cl)cc2)cc1. The zero-order valence-electron chi connectivity index (χ0n) is 16.2. The van der Waals surface area contributed by atoms with Gasteiger partial charge in [-0.05, 0) is 60.6 Å². The second-order valence-electron chi connectivity index (χ2n) is 6.75. The Hall–Kier alpha value is -2.64. The van der Waals surface area contributed by atoms with Gasteiger partial charge in [-0.25, -0.2) is 0 Å². The van der Waals surface area contributed by atoms with Crippen LogP contribution in [0.2, 0.25) is 5.02 Å². The summed E-state index contributed by atoms with van der Waals surface area (Å²) < 4.78 is 5.11. The van der Waals surface area contributed by atoms with Gasteiger partial charge in [0.05, 0.1) is 13.5 Å². The zero-order valence-corrected chi connectivity index (χ0v) is 17.8. The summed E-state index contributed by atoms with van der Waals surface area (Å²) in [5, 5.41) is 3.93. The highest BCUT2D eigenvalue weighted by Crippen LogP contribution is 2.22. The number of ether oxygens (including phenoxy) is 1. The van der Waals surface area contributed by atoms with Crippen molar-refractivity contribution >= 4 is 46.4 Å². The number of amides is 2. The molecule has 2 amide bonds. The maximum absolute atomic E-state index is 12.6. The number of benzene rings is 2. The maximum Gasteiger partial charge on any atom is 0.251 e. The molecule has 1 unspecified atom stereocenters. The molecule has 1 aliphatic rings. The molecule has 0 aromatic heterocycles. The highest BCUT2D eigenvalue weighted by Gasteiger charge is 2.41. The van der Waals surface area contributed by atoms with Gasteiger partial charge >= 0.3 is 0 Å². The van der Waals surface area contributed by atoms with E-state index in [1.165, 1.54) is 4.90 Å². The van der Waals surface area contributed by atoms with Gasteiger partial charge in [0.15, 0.2) is 5.11 Å². The maximum atomic E-state index is 12.6. The van der Waals surface area contributed by atoms with Crippen LogP contribution in [-0.4, -0.2) is 53.5 Å². The van der Waals surface area contributed by atoms with Gasteiger partial charge in [0.25, 0.3) is 5.91 Å². The van der Waals surface area contributed by atoms with E-state index in [-0.39, 0.29) is 18.2 Å². The number of hydrogen-bond acceptors (Lipinski definition) is 4. The molecule has 0 aliphatic carbocycles. The Balaban J connectivity index is 1.65. The fourth-order valence-corrected chi connectivity index (χ4v) is 3.62. The molecular weight excluding hydrogens is 410 g/mol. The standard InChI is InChI=1S/C21H22ClN3O3S/c1-24-20(27)18(13-19(26)23-16-7-9-17(28-2)10-8-16)25(21(24)29)12-11-14-3-5-15(22)6-4-14/h3-10,18H,11-13H2,1-2H3,(H,23,26). The minimum absolute atomic E-state index is 0.0238. The quantitative estimate of drug-likeness (QED) is 0.681. The second kappa shape index (κ2) is 9.24. The van der Waals surface area contributed by atoms with Crippen molar-refractivity contribution in [1.82, 2.24) is 9.80 Å². The summed E-state index contributed by atoms with van der Waals surface area (Å²) in [5.41, 5.74) is 1.73. The number of nitrogens with zero attached hydrogens (tertiary/aromatic N) is 2. The third-order valence-electron chi connectivity index (χ3n) is 4.83. The Morgan fingerprint density at radius 1 is 1.17 bits per heavy atom. The summed E-state index contributed by atoms with van der Waals surface area (Å²) in [6.45, 7) is 0.539. The van der Waals surface area contributed by atoms with Gasteiger partial charge in [-0.1, -0.05) is 23.7 Å². The number of hydrogen-bond donors (Lipinski definition) is 1. The summed E-state index contributed by atoms with van der Waals surface area (Å²) in [4.78, 5) is 28.4. The van der Waals surface area contributed by atoms with Gasteiger partial charge in [0.2, 0.25) is 5.91 Å². The first-order valence-corrected chi connectivity index (χ1v) is 9.94. The third-order valence-corrected chi connectivity index (χ3v) is 5.59. The van der Waals surface area contributed by atoms with Crippen LogP contribution in [0.3, 0.4) is 0 Å². The Morgan fingerprint density at radius 2 is 1.83 bits per heavy atom. The van der Waals surface area contributed by atoms with Crippen molar-refractivity contribution in [3.63, 3.8) is 0 Å². The van der Waals surface area contributed by atoms with Crippen molar-refractivity contribution in [3.8, 4) is 5.75 Å². The van der Waals surface area contributed by atoms with Crippen LogP contribution in [0.5, 0.6) is 5.75 Å². The van der Waals surface area contributed by atoms with E-state index in [0.717, 1.165) is 5.56 Å². The van der Waals surface area contributed by atoms with Gasteiger partial charge in [0.1, 0.15) is 11.8 Å². The zero-order chi connectivity index (χ0) is 21.0. The Bertz CT molecular complexity index is 902. The van der Waals surface area contributed by atoms with Crippen molar-refractivity contribution in [2.45, 2.75) is 18.9 Å². The largest absolute Gasteiger partial charge is 0.497 e. The highest BCUT2D eigenvalue weighted by molar-refractivity contribution is 7.80. The third kappa shape index (κ3) is 5.05. The first-order chi connectivity index (χ1) is 13.9. The smallest absolute Gasteiger partial charge is 0.251 e. The fraction of sp³-hybridized carbons (Fsp3) is 0.286. The first kappa shape index (κ1) is 21.1. The average Bonchev–Trinajstić information content (AvgIpc) is 2.92. The molecule has 1 heterocycles. The number of carbonyl (C=O) groups is 2. The molecule has 6 nitrogen and oxygen atoms in total. The number of nitrogens with one attached hydrogen (secondary N) is 1. The lowest BCUT2D eigenvalue weighted by Crippen LogP contribution is -2.39. The van der Waals surface area contributed by atoms with E-state index >= 15 is 0 Å². The molecule has 2 aromatic rings. The van der Waals surface area contributed by atoms with Gasteiger partial charge < -0.3 is 15.0 Å². The molecule has 1 N–H and O–H groups in total. The molecule has 0 radical (unpaired) electrons. The minimum atomic E-state index is -0.613. The van der Waals surface area contributed by atoms with E-state index in [9.17, 15) is 9.59 Å². The molecule has 2 aromatic carbocycles. The molecule has 1 saturated heterocycles. The summed E-state index contributed by atoms with van der Waals surface area (Å²) in [5.74, 6) is 0.286. The molecule has 1 fully saturated rings. The molecule has 0 spiro atoms. The Labute approximate surface area is 180 Å². The van der Waals surface area contributed by atoms with Crippen molar-refractivity contribution in [1.29, 1.82) is 0 Å². The molecule has 0 saturated carbocycles. The summed E-state index contributed by atoms with van der Waals surface area (Å²) in [6.07, 6.45) is 0.713. The van der Waals surface area contributed by atoms with E-state index in [0.29, 0.717) is 34.5 Å². The summed E-state index contributed by atoms with van der Waals surface area (Å²) >= 11 is 11.4. The van der Waals surface area contributed by atoms with Crippen molar-refractivity contribution in [2.75, 3.05) is 26.0 Å². The lowest BCUT2D eigenvalue weighted by molar-refractivity contribution is -0.130. The minimum Gasteiger partial charge on any atom is -0.497 e.